The molecule has 0 aliphatic carbocycles. The fraction of sp³-hybridized carbons (Fsp3) is 0.500. The number of rotatable bonds is 4. The first-order valence-corrected chi connectivity index (χ1v) is 6.28. The van der Waals surface area contributed by atoms with Crippen LogP contribution < -0.4 is 0 Å². The third kappa shape index (κ3) is 4.00. The van der Waals surface area contributed by atoms with Gasteiger partial charge in [0.05, 0.1) is 0 Å². The molecular formula is C14H20ClNO2. The summed E-state index contributed by atoms with van der Waals surface area (Å²) in [6.45, 7) is 1.84. The van der Waals surface area contributed by atoms with Crippen LogP contribution in [0.3, 0.4) is 0 Å². The monoisotopic (exact) mass is 269 g/mol. The van der Waals surface area contributed by atoms with Crippen molar-refractivity contribution < 1.29 is 9.90 Å². The molecule has 1 aliphatic rings. The van der Waals surface area contributed by atoms with Crippen LogP contribution in [0.5, 0.6) is 0 Å². The summed E-state index contributed by atoms with van der Waals surface area (Å²) in [5.74, 6) is -0.698. The highest BCUT2D eigenvalue weighted by Gasteiger charge is 2.26. The summed E-state index contributed by atoms with van der Waals surface area (Å²) >= 11 is 0. The van der Waals surface area contributed by atoms with E-state index < -0.39 is 5.97 Å². The highest BCUT2D eigenvalue weighted by atomic mass is 35.5. The first-order chi connectivity index (χ1) is 8.27. The van der Waals surface area contributed by atoms with E-state index in [1.54, 1.807) is 0 Å². The molecule has 100 valence electrons. The number of carbonyl (C=O) groups is 1. The van der Waals surface area contributed by atoms with E-state index in [2.05, 4.69) is 4.90 Å². The second-order valence-electron chi connectivity index (χ2n) is 4.64. The lowest BCUT2D eigenvalue weighted by atomic mass is 10.0. The maximum Gasteiger partial charge on any atom is 0.321 e. The van der Waals surface area contributed by atoms with Crippen LogP contribution in [0.15, 0.2) is 30.3 Å². The zero-order chi connectivity index (χ0) is 12.1. The molecule has 4 heteroatoms. The number of carboxylic acid groups (broad SMARTS) is 1. The Balaban J connectivity index is 0.00000162. The fourth-order valence-corrected chi connectivity index (χ4v) is 2.44. The van der Waals surface area contributed by atoms with E-state index >= 15 is 0 Å². The molecule has 1 atom stereocenters. The van der Waals surface area contributed by atoms with Crippen LogP contribution in [0.25, 0.3) is 0 Å². The van der Waals surface area contributed by atoms with Gasteiger partial charge in [0, 0.05) is 0 Å². The summed E-state index contributed by atoms with van der Waals surface area (Å²) in [7, 11) is 0. The minimum absolute atomic E-state index is 0. The number of hydrogen-bond acceptors (Lipinski definition) is 2. The molecule has 18 heavy (non-hydrogen) atoms. The van der Waals surface area contributed by atoms with Gasteiger partial charge in [0.2, 0.25) is 0 Å². The first kappa shape index (κ1) is 15.0. The minimum Gasteiger partial charge on any atom is -0.480 e. The molecule has 2 rings (SSSR count). The zero-order valence-electron chi connectivity index (χ0n) is 10.4. The van der Waals surface area contributed by atoms with E-state index in [9.17, 15) is 9.90 Å². The average molecular weight is 270 g/mol. The summed E-state index contributed by atoms with van der Waals surface area (Å²) < 4.78 is 0. The second kappa shape index (κ2) is 7.39. The molecule has 1 aromatic rings. The van der Waals surface area contributed by atoms with E-state index in [1.165, 1.54) is 6.42 Å². The molecule has 1 N–H and O–H groups in total. The highest BCUT2D eigenvalue weighted by molar-refractivity contribution is 5.85. The molecule has 0 radical (unpaired) electrons. The largest absolute Gasteiger partial charge is 0.480 e. The van der Waals surface area contributed by atoms with Gasteiger partial charge in [-0.05, 0) is 37.9 Å². The summed E-state index contributed by atoms with van der Waals surface area (Å²) in [5, 5.41) is 9.35. The van der Waals surface area contributed by atoms with Crippen LogP contribution in [-0.2, 0) is 11.2 Å². The lowest BCUT2D eigenvalue weighted by Gasteiger charge is -2.32. The summed E-state index contributed by atoms with van der Waals surface area (Å²) in [6.07, 6.45) is 4.08. The van der Waals surface area contributed by atoms with Crippen LogP contribution in [0, 0.1) is 0 Å². The number of halogens is 1. The van der Waals surface area contributed by atoms with Gasteiger partial charge in [-0.2, -0.15) is 0 Å². The standard InChI is InChI=1S/C14H19NO2.ClH/c16-14(17)13(15-9-5-2-6-10-15)11-12-7-3-1-4-8-12;/h1,3-4,7-8,13H,2,5-6,9-11H2,(H,16,17);1H/t13-;/m0./s1. The Kier molecular flexibility index (Phi) is 6.16. The van der Waals surface area contributed by atoms with Crippen molar-refractivity contribution in [3.63, 3.8) is 0 Å². The molecular weight excluding hydrogens is 250 g/mol. The average Bonchev–Trinajstić information content (AvgIpc) is 2.38. The number of hydrogen-bond donors (Lipinski definition) is 1. The van der Waals surface area contributed by atoms with Crippen LogP contribution in [0.1, 0.15) is 24.8 Å². The van der Waals surface area contributed by atoms with Crippen molar-refractivity contribution in [1.82, 2.24) is 4.90 Å². The van der Waals surface area contributed by atoms with Crippen LogP contribution in [-0.4, -0.2) is 35.1 Å². The van der Waals surface area contributed by atoms with Gasteiger partial charge in [-0.15, -0.1) is 12.4 Å². The van der Waals surface area contributed by atoms with Crippen molar-refractivity contribution in [2.75, 3.05) is 13.1 Å². The normalized spacial score (nSPS) is 17.8. The van der Waals surface area contributed by atoms with Crippen LogP contribution >= 0.6 is 12.4 Å². The Labute approximate surface area is 114 Å². The van der Waals surface area contributed by atoms with E-state index in [1.807, 2.05) is 30.3 Å². The Bertz CT molecular complexity index is 363. The molecule has 0 amide bonds. The van der Waals surface area contributed by atoms with Gasteiger partial charge >= 0.3 is 5.97 Å². The highest BCUT2D eigenvalue weighted by Crippen LogP contribution is 2.16. The van der Waals surface area contributed by atoms with Crippen LogP contribution in [0.2, 0.25) is 0 Å². The second-order valence-corrected chi connectivity index (χ2v) is 4.64. The predicted molar refractivity (Wildman–Crippen MR) is 74.2 cm³/mol. The molecule has 0 saturated carbocycles. The number of aliphatic carboxylic acids is 1. The van der Waals surface area contributed by atoms with Gasteiger partial charge < -0.3 is 5.11 Å². The molecule has 1 heterocycles. The molecule has 0 spiro atoms. The third-order valence-corrected chi connectivity index (χ3v) is 3.39. The molecule has 0 bridgehead atoms. The Morgan fingerprint density at radius 2 is 1.78 bits per heavy atom. The smallest absolute Gasteiger partial charge is 0.321 e. The van der Waals surface area contributed by atoms with Crippen molar-refractivity contribution in [2.45, 2.75) is 31.7 Å². The summed E-state index contributed by atoms with van der Waals surface area (Å²) in [4.78, 5) is 13.5. The van der Waals surface area contributed by atoms with E-state index in [0.29, 0.717) is 6.42 Å². The fourth-order valence-electron chi connectivity index (χ4n) is 2.44. The van der Waals surface area contributed by atoms with E-state index in [0.717, 1.165) is 31.5 Å². The van der Waals surface area contributed by atoms with Crippen molar-refractivity contribution in [2.24, 2.45) is 0 Å². The molecule has 1 saturated heterocycles. The Hall–Kier alpha value is -1.06. The first-order valence-electron chi connectivity index (χ1n) is 6.28. The van der Waals surface area contributed by atoms with Crippen molar-refractivity contribution in [3.8, 4) is 0 Å². The maximum atomic E-state index is 11.4. The van der Waals surface area contributed by atoms with Gasteiger partial charge in [0.15, 0.2) is 0 Å². The summed E-state index contributed by atoms with van der Waals surface area (Å²) in [5.41, 5.74) is 1.10. The lowest BCUT2D eigenvalue weighted by Crippen LogP contribution is -2.45. The van der Waals surface area contributed by atoms with Crippen LogP contribution in [0.4, 0.5) is 0 Å². The van der Waals surface area contributed by atoms with Gasteiger partial charge in [0.1, 0.15) is 6.04 Å². The Morgan fingerprint density at radius 3 is 2.33 bits per heavy atom. The zero-order valence-corrected chi connectivity index (χ0v) is 11.2. The van der Waals surface area contributed by atoms with Gasteiger partial charge in [-0.1, -0.05) is 36.8 Å². The molecule has 0 unspecified atom stereocenters. The lowest BCUT2D eigenvalue weighted by molar-refractivity contribution is -0.143. The number of likely N-dealkylation sites (tertiary alicyclic amines) is 1. The number of nitrogens with zero attached hydrogens (tertiary/aromatic N) is 1. The quantitative estimate of drug-likeness (QED) is 0.913. The number of carboxylic acids is 1. The maximum absolute atomic E-state index is 11.4. The third-order valence-electron chi connectivity index (χ3n) is 3.39. The predicted octanol–water partition coefficient (Wildman–Crippen LogP) is 2.59. The van der Waals surface area contributed by atoms with Gasteiger partial charge in [-0.25, -0.2) is 0 Å². The molecule has 3 nitrogen and oxygen atoms in total. The number of piperidine rings is 1. The summed E-state index contributed by atoms with van der Waals surface area (Å²) in [6, 6.07) is 9.52. The van der Waals surface area contributed by atoms with E-state index in [-0.39, 0.29) is 18.4 Å². The van der Waals surface area contributed by atoms with Crippen molar-refractivity contribution in [3.05, 3.63) is 35.9 Å². The van der Waals surface area contributed by atoms with Gasteiger partial charge in [-0.3, -0.25) is 9.69 Å². The topological polar surface area (TPSA) is 40.5 Å². The SMILES string of the molecule is Cl.O=C(O)[C@H](Cc1ccccc1)N1CCCCC1. The Morgan fingerprint density at radius 1 is 1.17 bits per heavy atom. The molecule has 0 aromatic heterocycles. The number of benzene rings is 1. The van der Waals surface area contributed by atoms with Crippen molar-refractivity contribution in [1.29, 1.82) is 0 Å². The minimum atomic E-state index is -0.698. The molecule has 1 aromatic carbocycles. The molecule has 1 aliphatic heterocycles. The van der Waals surface area contributed by atoms with Gasteiger partial charge in [0.25, 0.3) is 0 Å². The van der Waals surface area contributed by atoms with Crippen molar-refractivity contribution >= 4 is 18.4 Å². The van der Waals surface area contributed by atoms with E-state index in [4.69, 9.17) is 0 Å². The molecule has 1 fully saturated rings.